The number of carbonyl (C=O) groups is 1. The van der Waals surface area contributed by atoms with Crippen molar-refractivity contribution in [3.63, 3.8) is 0 Å². The van der Waals surface area contributed by atoms with E-state index in [4.69, 9.17) is 0 Å². The van der Waals surface area contributed by atoms with Crippen molar-refractivity contribution in [3.8, 4) is 5.69 Å². The van der Waals surface area contributed by atoms with Crippen LogP contribution < -0.4 is 10.9 Å². The summed E-state index contributed by atoms with van der Waals surface area (Å²) in [4.78, 5) is 25.4. The number of anilines is 1. The van der Waals surface area contributed by atoms with Crippen molar-refractivity contribution in [1.29, 1.82) is 0 Å². The van der Waals surface area contributed by atoms with Crippen molar-refractivity contribution in [2.45, 2.75) is 39.5 Å². The van der Waals surface area contributed by atoms with Gasteiger partial charge < -0.3 is 5.32 Å². The number of hydrogen-bond donors (Lipinski definition) is 1. The maximum Gasteiger partial charge on any atom is 0.295 e. The third kappa shape index (κ3) is 3.03. The number of amides is 1. The summed E-state index contributed by atoms with van der Waals surface area (Å²) in [5.41, 5.74) is 1.77. The van der Waals surface area contributed by atoms with Gasteiger partial charge in [0.05, 0.1) is 11.4 Å². The first kappa shape index (κ1) is 16.6. The molecular formula is C19H25N3O2. The van der Waals surface area contributed by atoms with E-state index in [0.717, 1.165) is 37.1 Å². The summed E-state index contributed by atoms with van der Waals surface area (Å²) in [5.74, 6) is 0.695. The standard InChI is InChI=1S/C19H25N3O2/c1-13-9-11-15(12-10-13)18(23)20-17-14(2)21(3)22(19(17)24)16-7-5-4-6-8-16/h4-8,13,15H,9-12H2,1-3H3,(H,20,23). The quantitative estimate of drug-likeness (QED) is 0.941. The van der Waals surface area contributed by atoms with Gasteiger partial charge in [0.25, 0.3) is 5.56 Å². The Balaban J connectivity index is 1.87. The van der Waals surface area contributed by atoms with Gasteiger partial charge in [-0.25, -0.2) is 4.68 Å². The number of benzene rings is 1. The Morgan fingerprint density at radius 2 is 1.75 bits per heavy atom. The molecule has 0 aliphatic heterocycles. The van der Waals surface area contributed by atoms with Crippen molar-refractivity contribution >= 4 is 11.6 Å². The highest BCUT2D eigenvalue weighted by Gasteiger charge is 2.26. The third-order valence-electron chi connectivity index (χ3n) is 5.19. The normalized spacial score (nSPS) is 20.8. The summed E-state index contributed by atoms with van der Waals surface area (Å²) in [6.45, 7) is 4.09. The molecule has 0 spiro atoms. The number of nitrogens with one attached hydrogen (secondary N) is 1. The van der Waals surface area contributed by atoms with Crippen LogP contribution in [0.25, 0.3) is 5.69 Å². The molecule has 3 rings (SSSR count). The first-order valence-electron chi connectivity index (χ1n) is 8.64. The largest absolute Gasteiger partial charge is 0.320 e. The van der Waals surface area contributed by atoms with Crippen LogP contribution in [0.1, 0.15) is 38.3 Å². The lowest BCUT2D eigenvalue weighted by atomic mass is 9.82. The van der Waals surface area contributed by atoms with Gasteiger partial charge in [-0.2, -0.15) is 0 Å². The summed E-state index contributed by atoms with van der Waals surface area (Å²) in [6, 6.07) is 9.47. The molecule has 1 aliphatic rings. The smallest absolute Gasteiger partial charge is 0.295 e. The molecule has 1 aliphatic carbocycles. The molecule has 1 fully saturated rings. The van der Waals surface area contributed by atoms with E-state index in [2.05, 4.69) is 12.2 Å². The summed E-state index contributed by atoms with van der Waals surface area (Å²) >= 11 is 0. The summed E-state index contributed by atoms with van der Waals surface area (Å²) in [7, 11) is 1.83. The van der Waals surface area contributed by atoms with Crippen molar-refractivity contribution in [1.82, 2.24) is 9.36 Å². The van der Waals surface area contributed by atoms with Gasteiger partial charge in [-0.1, -0.05) is 25.1 Å². The van der Waals surface area contributed by atoms with Crippen LogP contribution in [0.15, 0.2) is 35.1 Å². The van der Waals surface area contributed by atoms with Gasteiger partial charge in [0, 0.05) is 13.0 Å². The Kier molecular flexibility index (Phi) is 4.60. The molecule has 0 bridgehead atoms. The lowest BCUT2D eigenvalue weighted by molar-refractivity contribution is -0.121. The number of nitrogens with zero attached hydrogens (tertiary/aromatic N) is 2. The van der Waals surface area contributed by atoms with Crippen LogP contribution in [0.5, 0.6) is 0 Å². The summed E-state index contributed by atoms with van der Waals surface area (Å²) in [5, 5.41) is 2.90. The van der Waals surface area contributed by atoms with Gasteiger partial charge in [0.1, 0.15) is 5.69 Å². The Labute approximate surface area is 142 Å². The Hall–Kier alpha value is -2.30. The fourth-order valence-corrected chi connectivity index (χ4v) is 3.46. The zero-order valence-electron chi connectivity index (χ0n) is 14.6. The topological polar surface area (TPSA) is 56.0 Å². The molecule has 1 saturated carbocycles. The minimum absolute atomic E-state index is 0.0189. The number of hydrogen-bond acceptors (Lipinski definition) is 2. The molecule has 5 nitrogen and oxygen atoms in total. The molecule has 1 N–H and O–H groups in total. The SMILES string of the molecule is Cc1c(NC(=O)C2CCC(C)CC2)c(=O)n(-c2ccccc2)n1C. The van der Waals surface area contributed by atoms with Crippen LogP contribution in [0, 0.1) is 18.8 Å². The van der Waals surface area contributed by atoms with E-state index in [9.17, 15) is 9.59 Å². The van der Waals surface area contributed by atoms with Crippen molar-refractivity contribution < 1.29 is 4.79 Å². The highest BCUT2D eigenvalue weighted by molar-refractivity contribution is 5.93. The second-order valence-corrected chi connectivity index (χ2v) is 6.88. The molecule has 128 valence electrons. The van der Waals surface area contributed by atoms with Crippen LogP contribution in [0.4, 0.5) is 5.69 Å². The fourth-order valence-electron chi connectivity index (χ4n) is 3.46. The van der Waals surface area contributed by atoms with Crippen LogP contribution in [0.2, 0.25) is 0 Å². The molecule has 0 unspecified atom stereocenters. The zero-order valence-corrected chi connectivity index (χ0v) is 14.6. The molecule has 0 atom stereocenters. The van der Waals surface area contributed by atoms with Crippen molar-refractivity contribution in [2.75, 3.05) is 5.32 Å². The van der Waals surface area contributed by atoms with Crippen LogP contribution in [-0.4, -0.2) is 15.3 Å². The number of para-hydroxylation sites is 1. The van der Waals surface area contributed by atoms with Gasteiger partial charge in [-0.15, -0.1) is 0 Å². The van der Waals surface area contributed by atoms with E-state index in [1.54, 1.807) is 9.36 Å². The molecule has 1 aromatic carbocycles. The maximum absolute atomic E-state index is 12.8. The highest BCUT2D eigenvalue weighted by atomic mass is 16.2. The lowest BCUT2D eigenvalue weighted by Crippen LogP contribution is -2.29. The summed E-state index contributed by atoms with van der Waals surface area (Å²) in [6.07, 6.45) is 3.98. The number of aromatic nitrogens is 2. The minimum atomic E-state index is -0.182. The predicted octanol–water partition coefficient (Wildman–Crippen LogP) is 3.25. The molecule has 2 aromatic rings. The van der Waals surface area contributed by atoms with E-state index in [1.165, 1.54) is 0 Å². The average Bonchev–Trinajstić information content (AvgIpc) is 2.80. The molecule has 5 heteroatoms. The zero-order chi connectivity index (χ0) is 17.3. The molecule has 1 aromatic heterocycles. The van der Waals surface area contributed by atoms with Crippen molar-refractivity contribution in [3.05, 3.63) is 46.4 Å². The molecule has 0 saturated heterocycles. The van der Waals surface area contributed by atoms with Crippen LogP contribution in [-0.2, 0) is 11.8 Å². The van der Waals surface area contributed by atoms with Crippen LogP contribution >= 0.6 is 0 Å². The predicted molar refractivity (Wildman–Crippen MR) is 95.5 cm³/mol. The Morgan fingerprint density at radius 3 is 2.38 bits per heavy atom. The first-order chi connectivity index (χ1) is 11.5. The van der Waals surface area contributed by atoms with Crippen LogP contribution in [0.3, 0.4) is 0 Å². The fraction of sp³-hybridized carbons (Fsp3) is 0.474. The third-order valence-corrected chi connectivity index (χ3v) is 5.19. The number of carbonyl (C=O) groups excluding carboxylic acids is 1. The maximum atomic E-state index is 12.8. The van der Waals surface area contributed by atoms with E-state index in [0.29, 0.717) is 11.6 Å². The highest BCUT2D eigenvalue weighted by Crippen LogP contribution is 2.29. The first-order valence-corrected chi connectivity index (χ1v) is 8.64. The average molecular weight is 327 g/mol. The molecule has 1 amide bonds. The van der Waals surface area contributed by atoms with Gasteiger partial charge in [0.15, 0.2) is 0 Å². The molecule has 24 heavy (non-hydrogen) atoms. The second-order valence-electron chi connectivity index (χ2n) is 6.88. The minimum Gasteiger partial charge on any atom is -0.320 e. The summed E-state index contributed by atoms with van der Waals surface area (Å²) < 4.78 is 3.38. The molecule has 1 heterocycles. The lowest BCUT2D eigenvalue weighted by Gasteiger charge is -2.25. The Bertz CT molecular complexity index is 781. The van der Waals surface area contributed by atoms with Gasteiger partial charge in [-0.05, 0) is 50.7 Å². The van der Waals surface area contributed by atoms with E-state index in [-0.39, 0.29) is 17.4 Å². The van der Waals surface area contributed by atoms with E-state index < -0.39 is 0 Å². The van der Waals surface area contributed by atoms with Gasteiger partial charge in [0.2, 0.25) is 5.91 Å². The molecule has 0 radical (unpaired) electrons. The molecular weight excluding hydrogens is 302 g/mol. The van der Waals surface area contributed by atoms with E-state index >= 15 is 0 Å². The monoisotopic (exact) mass is 327 g/mol. The van der Waals surface area contributed by atoms with E-state index in [1.807, 2.05) is 44.3 Å². The Morgan fingerprint density at radius 1 is 1.12 bits per heavy atom. The second kappa shape index (κ2) is 6.67. The van der Waals surface area contributed by atoms with Crippen molar-refractivity contribution in [2.24, 2.45) is 18.9 Å². The van der Waals surface area contributed by atoms with Gasteiger partial charge >= 0.3 is 0 Å². The number of rotatable bonds is 3. The van der Waals surface area contributed by atoms with Gasteiger partial charge in [-0.3, -0.25) is 14.3 Å².